The van der Waals surface area contributed by atoms with Crippen molar-refractivity contribution < 1.29 is 19.1 Å². The molecule has 6 nitrogen and oxygen atoms in total. The molecule has 0 atom stereocenters. The maximum Gasteiger partial charge on any atom is 0.340 e. The van der Waals surface area contributed by atoms with E-state index in [0.29, 0.717) is 17.0 Å². The number of nitrogens with zero attached hydrogens (tertiary/aromatic N) is 2. The second-order valence-corrected chi connectivity index (χ2v) is 5.33. The highest BCUT2D eigenvalue weighted by atomic mass is 16.5. The molecule has 0 spiro atoms. The van der Waals surface area contributed by atoms with Crippen LogP contribution in [0, 0.1) is 0 Å². The van der Waals surface area contributed by atoms with Gasteiger partial charge in [0, 0.05) is 23.5 Å². The standard InChI is InChI=1S/C20H16N2O4/c1-25-19(23)14-12-22-18(13-8-4-3-5-9-13)17(16(14)20(24)26-2)15-10-6-7-11-21-15/h3-12H,1-2H3. The van der Waals surface area contributed by atoms with Crippen LogP contribution in [0.25, 0.3) is 22.5 Å². The molecule has 0 radical (unpaired) electrons. The number of carbonyl (C=O) groups is 2. The van der Waals surface area contributed by atoms with E-state index in [2.05, 4.69) is 9.97 Å². The third kappa shape index (κ3) is 3.17. The molecule has 0 unspecified atom stereocenters. The van der Waals surface area contributed by atoms with Gasteiger partial charge in [-0.1, -0.05) is 36.4 Å². The van der Waals surface area contributed by atoms with Gasteiger partial charge in [0.05, 0.1) is 36.7 Å². The Morgan fingerprint density at radius 3 is 2.15 bits per heavy atom. The number of hydrogen-bond acceptors (Lipinski definition) is 6. The average Bonchev–Trinajstić information content (AvgIpc) is 2.72. The van der Waals surface area contributed by atoms with Gasteiger partial charge in [0.2, 0.25) is 0 Å². The summed E-state index contributed by atoms with van der Waals surface area (Å²) >= 11 is 0. The van der Waals surface area contributed by atoms with E-state index in [-0.39, 0.29) is 11.1 Å². The van der Waals surface area contributed by atoms with Crippen LogP contribution < -0.4 is 0 Å². The van der Waals surface area contributed by atoms with Gasteiger partial charge in [-0.15, -0.1) is 0 Å². The Labute approximate surface area is 150 Å². The minimum absolute atomic E-state index is 0.0275. The number of carbonyl (C=O) groups excluding carboxylic acids is 2. The van der Waals surface area contributed by atoms with Crippen LogP contribution in [0.4, 0.5) is 0 Å². The lowest BCUT2D eigenvalue weighted by molar-refractivity contribution is 0.0555. The highest BCUT2D eigenvalue weighted by molar-refractivity contribution is 6.09. The number of aromatic nitrogens is 2. The minimum Gasteiger partial charge on any atom is -0.465 e. The van der Waals surface area contributed by atoms with Gasteiger partial charge in [0.1, 0.15) is 0 Å². The van der Waals surface area contributed by atoms with Gasteiger partial charge in [-0.3, -0.25) is 9.97 Å². The Morgan fingerprint density at radius 1 is 0.846 bits per heavy atom. The fourth-order valence-electron chi connectivity index (χ4n) is 2.66. The molecule has 3 aromatic rings. The van der Waals surface area contributed by atoms with Gasteiger partial charge in [-0.2, -0.15) is 0 Å². The van der Waals surface area contributed by atoms with Crippen LogP contribution in [-0.4, -0.2) is 36.1 Å². The number of ether oxygens (including phenoxy) is 2. The van der Waals surface area contributed by atoms with Gasteiger partial charge in [-0.25, -0.2) is 9.59 Å². The first-order valence-electron chi connectivity index (χ1n) is 7.83. The topological polar surface area (TPSA) is 78.4 Å². The van der Waals surface area contributed by atoms with E-state index in [4.69, 9.17) is 9.47 Å². The average molecular weight is 348 g/mol. The summed E-state index contributed by atoms with van der Waals surface area (Å²) < 4.78 is 9.72. The van der Waals surface area contributed by atoms with E-state index >= 15 is 0 Å². The number of pyridine rings is 2. The monoisotopic (exact) mass is 348 g/mol. The molecular weight excluding hydrogens is 332 g/mol. The highest BCUT2D eigenvalue weighted by Gasteiger charge is 2.27. The molecule has 3 rings (SSSR count). The molecule has 0 bridgehead atoms. The Hall–Kier alpha value is -3.54. The van der Waals surface area contributed by atoms with E-state index in [1.54, 1.807) is 24.4 Å². The normalized spacial score (nSPS) is 10.2. The number of hydrogen-bond donors (Lipinski definition) is 0. The van der Waals surface area contributed by atoms with Crippen molar-refractivity contribution in [3.05, 3.63) is 72.1 Å². The van der Waals surface area contributed by atoms with Gasteiger partial charge in [0.15, 0.2) is 0 Å². The van der Waals surface area contributed by atoms with E-state index in [1.807, 2.05) is 30.3 Å². The molecule has 0 aliphatic heterocycles. The first-order valence-corrected chi connectivity index (χ1v) is 7.83. The molecule has 26 heavy (non-hydrogen) atoms. The van der Waals surface area contributed by atoms with Crippen LogP contribution in [-0.2, 0) is 9.47 Å². The van der Waals surface area contributed by atoms with Crippen LogP contribution >= 0.6 is 0 Å². The van der Waals surface area contributed by atoms with Crippen molar-refractivity contribution in [2.24, 2.45) is 0 Å². The van der Waals surface area contributed by atoms with Crippen molar-refractivity contribution >= 4 is 11.9 Å². The molecule has 1 aromatic carbocycles. The summed E-state index contributed by atoms with van der Waals surface area (Å²) in [5, 5.41) is 0. The summed E-state index contributed by atoms with van der Waals surface area (Å²) in [6.07, 6.45) is 2.93. The van der Waals surface area contributed by atoms with Crippen LogP contribution in [0.2, 0.25) is 0 Å². The minimum atomic E-state index is -0.672. The van der Waals surface area contributed by atoms with Gasteiger partial charge >= 0.3 is 11.9 Å². The van der Waals surface area contributed by atoms with Crippen molar-refractivity contribution in [3.8, 4) is 22.5 Å². The van der Waals surface area contributed by atoms with E-state index < -0.39 is 11.9 Å². The molecule has 2 aromatic heterocycles. The summed E-state index contributed by atoms with van der Waals surface area (Å²) in [5.74, 6) is -1.33. The fraction of sp³-hybridized carbons (Fsp3) is 0.100. The molecule has 0 aliphatic carbocycles. The Morgan fingerprint density at radius 2 is 1.54 bits per heavy atom. The van der Waals surface area contributed by atoms with E-state index in [0.717, 1.165) is 5.56 Å². The quantitative estimate of drug-likeness (QED) is 0.673. The maximum absolute atomic E-state index is 12.5. The van der Waals surface area contributed by atoms with Crippen molar-refractivity contribution in [1.29, 1.82) is 0 Å². The second kappa shape index (κ2) is 7.57. The molecule has 130 valence electrons. The van der Waals surface area contributed by atoms with E-state index in [1.165, 1.54) is 20.4 Å². The van der Waals surface area contributed by atoms with Crippen LogP contribution in [0.1, 0.15) is 20.7 Å². The first-order chi connectivity index (χ1) is 12.7. The van der Waals surface area contributed by atoms with Gasteiger partial charge in [-0.05, 0) is 12.1 Å². The molecule has 0 amide bonds. The largest absolute Gasteiger partial charge is 0.465 e. The highest BCUT2D eigenvalue weighted by Crippen LogP contribution is 2.34. The Kier molecular flexibility index (Phi) is 5.03. The van der Waals surface area contributed by atoms with Crippen LogP contribution in [0.3, 0.4) is 0 Å². The van der Waals surface area contributed by atoms with Crippen molar-refractivity contribution in [2.45, 2.75) is 0 Å². The SMILES string of the molecule is COC(=O)c1cnc(-c2ccccc2)c(-c2ccccn2)c1C(=O)OC. The third-order valence-electron chi connectivity index (χ3n) is 3.84. The number of esters is 2. The van der Waals surface area contributed by atoms with E-state index in [9.17, 15) is 9.59 Å². The molecular formula is C20H16N2O4. The number of rotatable bonds is 4. The second-order valence-electron chi connectivity index (χ2n) is 5.33. The predicted octanol–water partition coefficient (Wildman–Crippen LogP) is 3.38. The van der Waals surface area contributed by atoms with Crippen molar-refractivity contribution in [2.75, 3.05) is 14.2 Å². The van der Waals surface area contributed by atoms with Gasteiger partial charge < -0.3 is 9.47 Å². The lowest BCUT2D eigenvalue weighted by Crippen LogP contribution is -2.15. The molecule has 0 aliphatic rings. The number of benzene rings is 1. The Bertz CT molecular complexity index is 941. The van der Waals surface area contributed by atoms with Crippen molar-refractivity contribution in [1.82, 2.24) is 9.97 Å². The lowest BCUT2D eigenvalue weighted by Gasteiger charge is -2.15. The number of methoxy groups -OCH3 is 2. The smallest absolute Gasteiger partial charge is 0.340 e. The molecule has 0 saturated carbocycles. The van der Waals surface area contributed by atoms with Crippen LogP contribution in [0.15, 0.2) is 60.9 Å². The summed E-state index contributed by atoms with van der Waals surface area (Å²) in [7, 11) is 2.50. The van der Waals surface area contributed by atoms with Gasteiger partial charge in [0.25, 0.3) is 0 Å². The summed E-state index contributed by atoms with van der Waals surface area (Å²) in [5.41, 5.74) is 2.34. The summed E-state index contributed by atoms with van der Waals surface area (Å²) in [6, 6.07) is 14.7. The zero-order chi connectivity index (χ0) is 18.5. The molecule has 0 fully saturated rings. The summed E-state index contributed by atoms with van der Waals surface area (Å²) in [4.78, 5) is 33.5. The molecule has 2 heterocycles. The molecule has 0 saturated heterocycles. The molecule has 6 heteroatoms. The lowest BCUT2D eigenvalue weighted by atomic mass is 9.94. The Balaban J connectivity index is 2.40. The first kappa shape index (κ1) is 17.3. The zero-order valence-electron chi connectivity index (χ0n) is 14.3. The fourth-order valence-corrected chi connectivity index (χ4v) is 2.66. The summed E-state index contributed by atoms with van der Waals surface area (Å²) in [6.45, 7) is 0. The maximum atomic E-state index is 12.5. The predicted molar refractivity (Wildman–Crippen MR) is 95.6 cm³/mol. The zero-order valence-corrected chi connectivity index (χ0v) is 14.3. The molecule has 0 N–H and O–H groups in total. The van der Waals surface area contributed by atoms with Crippen LogP contribution in [0.5, 0.6) is 0 Å². The third-order valence-corrected chi connectivity index (χ3v) is 3.84. The van der Waals surface area contributed by atoms with Crippen molar-refractivity contribution in [3.63, 3.8) is 0 Å².